The highest BCUT2D eigenvalue weighted by molar-refractivity contribution is 5.91. The van der Waals surface area contributed by atoms with Crippen molar-refractivity contribution in [2.75, 3.05) is 30.9 Å². The highest BCUT2D eigenvalue weighted by atomic mass is 19.4. The third kappa shape index (κ3) is 5.39. The number of rotatable bonds is 4. The van der Waals surface area contributed by atoms with Crippen LogP contribution in [0.4, 0.5) is 24.7 Å². The number of nitrogens with one attached hydrogen (secondary N) is 1. The van der Waals surface area contributed by atoms with Gasteiger partial charge in [-0.2, -0.15) is 13.2 Å². The second-order valence-electron chi connectivity index (χ2n) is 7.82. The number of nitrogen functional groups attached to an aromatic ring is 1. The van der Waals surface area contributed by atoms with Crippen LogP contribution in [0, 0.1) is 6.92 Å². The number of benzene rings is 2. The highest BCUT2D eigenvalue weighted by Gasteiger charge is 2.31. The Balaban J connectivity index is 1.68. The Morgan fingerprint density at radius 1 is 1.09 bits per heavy atom. The van der Waals surface area contributed by atoms with Gasteiger partial charge >= 0.3 is 6.18 Å². The molecule has 10 heteroatoms. The van der Waals surface area contributed by atoms with E-state index in [1.54, 1.807) is 19.1 Å². The molecule has 3 N–H and O–H groups in total. The van der Waals surface area contributed by atoms with E-state index in [0.717, 1.165) is 18.6 Å². The molecule has 1 unspecified atom stereocenters. The van der Waals surface area contributed by atoms with E-state index < -0.39 is 11.7 Å². The van der Waals surface area contributed by atoms with Gasteiger partial charge in [0, 0.05) is 23.7 Å². The van der Waals surface area contributed by atoms with E-state index in [-0.39, 0.29) is 18.3 Å². The molecular formula is C23H25F3N4O3. The largest absolute Gasteiger partial charge is 0.487 e. The maximum absolute atomic E-state index is 13.1. The molecule has 0 bridgehead atoms. The number of nitrogens with zero attached hydrogens (tertiary/aromatic N) is 2. The van der Waals surface area contributed by atoms with Gasteiger partial charge in [0.2, 0.25) is 0 Å². The zero-order valence-electron chi connectivity index (χ0n) is 18.3. The first-order valence-corrected chi connectivity index (χ1v) is 10.6. The van der Waals surface area contributed by atoms with Gasteiger partial charge in [-0.3, -0.25) is 0 Å². The Labute approximate surface area is 189 Å². The molecule has 2 aromatic carbocycles. The molecule has 4 rings (SSSR count). The van der Waals surface area contributed by atoms with Gasteiger partial charge in [-0.1, -0.05) is 6.92 Å². The number of alkyl halides is 3. The van der Waals surface area contributed by atoms with Crippen LogP contribution in [-0.2, 0) is 17.5 Å². The average Bonchev–Trinajstić information content (AvgIpc) is 2.85. The number of halogens is 3. The van der Waals surface area contributed by atoms with Gasteiger partial charge < -0.3 is 25.3 Å². The number of ether oxygens (including phenoxy) is 3. The second-order valence-corrected chi connectivity index (χ2v) is 7.82. The van der Waals surface area contributed by atoms with Crippen molar-refractivity contribution in [1.82, 2.24) is 9.97 Å². The number of fused-ring (bicyclic) bond motifs is 2. The number of hydrogen-bond donors (Lipinski definition) is 2. The normalized spacial score (nSPS) is 16.7. The number of anilines is 2. The monoisotopic (exact) mass is 462 g/mol. The molecule has 0 saturated carbocycles. The zero-order valence-corrected chi connectivity index (χ0v) is 18.3. The predicted octanol–water partition coefficient (Wildman–Crippen LogP) is 4.72. The van der Waals surface area contributed by atoms with E-state index >= 15 is 0 Å². The van der Waals surface area contributed by atoms with Crippen molar-refractivity contribution in [2.45, 2.75) is 39.1 Å². The molecule has 1 aliphatic heterocycles. The first-order chi connectivity index (χ1) is 15.7. The van der Waals surface area contributed by atoms with Crippen molar-refractivity contribution in [3.8, 4) is 11.5 Å². The minimum Gasteiger partial charge on any atom is -0.487 e. The number of hydrogen-bond acceptors (Lipinski definition) is 7. The molecule has 33 heavy (non-hydrogen) atoms. The lowest BCUT2D eigenvalue weighted by molar-refractivity contribution is -0.137. The van der Waals surface area contributed by atoms with Crippen LogP contribution in [0.25, 0.3) is 10.9 Å². The van der Waals surface area contributed by atoms with Crippen LogP contribution in [0.2, 0.25) is 0 Å². The smallest absolute Gasteiger partial charge is 0.416 e. The Morgan fingerprint density at radius 2 is 1.91 bits per heavy atom. The van der Waals surface area contributed by atoms with E-state index in [4.69, 9.17) is 19.9 Å². The van der Waals surface area contributed by atoms with Gasteiger partial charge in [-0.15, -0.1) is 0 Å². The zero-order chi connectivity index (χ0) is 23.6. The Kier molecular flexibility index (Phi) is 6.46. The number of aromatic nitrogens is 2. The lowest BCUT2D eigenvalue weighted by Crippen LogP contribution is -2.22. The third-order valence-corrected chi connectivity index (χ3v) is 5.21. The van der Waals surface area contributed by atoms with Crippen LogP contribution in [0.15, 0.2) is 30.3 Å². The summed E-state index contributed by atoms with van der Waals surface area (Å²) < 4.78 is 57.0. The summed E-state index contributed by atoms with van der Waals surface area (Å²) in [6.07, 6.45) is -3.82. The van der Waals surface area contributed by atoms with E-state index in [2.05, 4.69) is 15.3 Å². The molecule has 176 valence electrons. The van der Waals surface area contributed by atoms with E-state index in [1.807, 2.05) is 6.92 Å². The standard InChI is InChI=1S/C23H25F3N4O3/c1-3-17-12-31-4-5-32-20-9-18-19(10-21(20)33-17)29-13(2)30-22(18)28-11-14-6-15(23(24,25)26)8-16(27)7-14/h6-10,17H,3-5,11-12,27H2,1-2H3,(H,28,29,30). The topological polar surface area (TPSA) is 91.5 Å². The minimum absolute atomic E-state index is 0.0426. The maximum Gasteiger partial charge on any atom is 0.416 e. The minimum atomic E-state index is -4.48. The van der Waals surface area contributed by atoms with E-state index in [0.29, 0.717) is 59.4 Å². The molecule has 2 heterocycles. The molecule has 1 aromatic heterocycles. The van der Waals surface area contributed by atoms with Crippen molar-refractivity contribution < 1.29 is 27.4 Å². The van der Waals surface area contributed by atoms with Gasteiger partial charge in [0.05, 0.1) is 24.3 Å². The molecule has 0 aliphatic carbocycles. The molecule has 0 saturated heterocycles. The fourth-order valence-electron chi connectivity index (χ4n) is 3.60. The first-order valence-electron chi connectivity index (χ1n) is 10.6. The van der Waals surface area contributed by atoms with Gasteiger partial charge in [0.25, 0.3) is 0 Å². The summed E-state index contributed by atoms with van der Waals surface area (Å²) in [7, 11) is 0. The third-order valence-electron chi connectivity index (χ3n) is 5.21. The summed E-state index contributed by atoms with van der Waals surface area (Å²) in [5, 5.41) is 3.79. The van der Waals surface area contributed by atoms with Crippen LogP contribution in [0.3, 0.4) is 0 Å². The lowest BCUT2D eigenvalue weighted by Gasteiger charge is -2.18. The van der Waals surface area contributed by atoms with Gasteiger partial charge in [-0.05, 0) is 43.2 Å². The second kappa shape index (κ2) is 9.30. The molecule has 3 aromatic rings. The van der Waals surface area contributed by atoms with Crippen molar-refractivity contribution in [3.63, 3.8) is 0 Å². The summed E-state index contributed by atoms with van der Waals surface area (Å²) in [6, 6.07) is 7.06. The number of nitrogens with two attached hydrogens (primary N) is 1. The molecule has 0 amide bonds. The maximum atomic E-state index is 13.1. The first kappa shape index (κ1) is 22.9. The molecule has 0 radical (unpaired) electrons. The summed E-state index contributed by atoms with van der Waals surface area (Å²) in [6.45, 7) is 5.12. The van der Waals surface area contributed by atoms with Crippen molar-refractivity contribution in [2.24, 2.45) is 0 Å². The van der Waals surface area contributed by atoms with Gasteiger partial charge in [0.1, 0.15) is 24.4 Å². The van der Waals surface area contributed by atoms with Crippen molar-refractivity contribution in [1.29, 1.82) is 0 Å². The molecular weight excluding hydrogens is 437 g/mol. The van der Waals surface area contributed by atoms with Crippen LogP contribution in [0.1, 0.15) is 30.3 Å². The Hall–Kier alpha value is -3.27. The predicted molar refractivity (Wildman–Crippen MR) is 118 cm³/mol. The van der Waals surface area contributed by atoms with Gasteiger partial charge in [0.15, 0.2) is 11.5 Å². The van der Waals surface area contributed by atoms with Crippen LogP contribution >= 0.6 is 0 Å². The van der Waals surface area contributed by atoms with Crippen molar-refractivity contribution in [3.05, 3.63) is 47.3 Å². The summed E-state index contributed by atoms with van der Waals surface area (Å²) in [4.78, 5) is 8.96. The summed E-state index contributed by atoms with van der Waals surface area (Å²) in [5.41, 5.74) is 5.95. The Bertz CT molecular complexity index is 1150. The van der Waals surface area contributed by atoms with Crippen LogP contribution in [0.5, 0.6) is 11.5 Å². The average molecular weight is 462 g/mol. The summed E-state index contributed by atoms with van der Waals surface area (Å²) in [5.74, 6) is 2.08. The van der Waals surface area contributed by atoms with Crippen molar-refractivity contribution >= 4 is 22.4 Å². The van der Waals surface area contributed by atoms with Gasteiger partial charge in [-0.25, -0.2) is 9.97 Å². The summed E-state index contributed by atoms with van der Waals surface area (Å²) >= 11 is 0. The number of aryl methyl sites for hydroxylation is 1. The molecule has 1 atom stereocenters. The highest BCUT2D eigenvalue weighted by Crippen LogP contribution is 2.36. The van der Waals surface area contributed by atoms with Crippen LogP contribution in [-0.4, -0.2) is 35.9 Å². The van der Waals surface area contributed by atoms with E-state index in [9.17, 15) is 13.2 Å². The molecule has 0 spiro atoms. The molecule has 7 nitrogen and oxygen atoms in total. The van der Waals surface area contributed by atoms with Crippen LogP contribution < -0.4 is 20.5 Å². The quantitative estimate of drug-likeness (QED) is 0.542. The lowest BCUT2D eigenvalue weighted by atomic mass is 10.1. The SMILES string of the molecule is CCC1COCCOc2cc3c(NCc4cc(N)cc(C(F)(F)F)c4)nc(C)nc3cc2O1. The van der Waals surface area contributed by atoms with E-state index in [1.165, 1.54) is 6.07 Å². The molecule has 1 aliphatic rings. The molecule has 0 fully saturated rings. The Morgan fingerprint density at radius 3 is 2.67 bits per heavy atom. The fourth-order valence-corrected chi connectivity index (χ4v) is 3.60. The fraction of sp³-hybridized carbons (Fsp3) is 0.391.